The fraction of sp³-hybridized carbons (Fsp3) is 0.167. The number of phenols is 1. The van der Waals surface area contributed by atoms with Gasteiger partial charge in [0, 0.05) is 0 Å². The van der Waals surface area contributed by atoms with E-state index in [-0.39, 0.29) is 11.2 Å². The van der Waals surface area contributed by atoms with Crippen LogP contribution in [0.1, 0.15) is 26.3 Å². The summed E-state index contributed by atoms with van der Waals surface area (Å²) in [5.41, 5.74) is 6.91. The molecular weight excluding hydrogens is 623 g/mol. The number of phenolic OH excluding ortho intramolecular Hbond substituents is 1. The van der Waals surface area contributed by atoms with E-state index in [2.05, 4.69) is 117 Å². The second-order valence-electron chi connectivity index (χ2n) is 14.7. The van der Waals surface area contributed by atoms with E-state index in [1.165, 1.54) is 31.9 Å². The summed E-state index contributed by atoms with van der Waals surface area (Å²) >= 11 is -2.26. The van der Waals surface area contributed by atoms with Gasteiger partial charge in [0.25, 0.3) is 0 Å². The Bertz CT molecular complexity index is 2380. The number of pyridine rings is 1. The molecular formula is C42H37GeNO2. The van der Waals surface area contributed by atoms with Gasteiger partial charge in [-0.05, 0) is 0 Å². The molecule has 46 heavy (non-hydrogen) atoms. The SMILES string of the molecule is CC(C)(C)c1cc(-c2ccc3ccccc3c2)cc(-c2cc3c[c]([Ge]([CH3])([CH3])[CH3])cc4c3c(n2)-c2c(cc3ccccc3c2O)O4)c1. The monoisotopic (exact) mass is 661 g/mol. The minimum absolute atomic E-state index is 0.0650. The average Bonchev–Trinajstić information content (AvgIpc) is 3.03. The fourth-order valence-corrected chi connectivity index (χ4v) is 9.10. The normalized spacial score (nSPS) is 12.8. The van der Waals surface area contributed by atoms with E-state index in [1.54, 1.807) is 0 Å². The van der Waals surface area contributed by atoms with Crippen molar-refractivity contribution in [1.82, 2.24) is 4.98 Å². The van der Waals surface area contributed by atoms with Gasteiger partial charge in [-0.1, -0.05) is 18.2 Å². The van der Waals surface area contributed by atoms with Crippen LogP contribution in [0.3, 0.4) is 0 Å². The number of hydrogen-bond donors (Lipinski definition) is 1. The first-order valence-corrected chi connectivity index (χ1v) is 23.4. The van der Waals surface area contributed by atoms with Crippen molar-refractivity contribution in [3.63, 3.8) is 0 Å². The Labute approximate surface area is 272 Å². The van der Waals surface area contributed by atoms with Gasteiger partial charge in [-0.25, -0.2) is 0 Å². The predicted octanol–water partition coefficient (Wildman–Crippen LogP) is 11.2. The van der Waals surface area contributed by atoms with Gasteiger partial charge in [-0.15, -0.1) is 0 Å². The third-order valence-corrected chi connectivity index (χ3v) is 13.6. The van der Waals surface area contributed by atoms with Crippen molar-refractivity contribution in [2.24, 2.45) is 0 Å². The maximum absolute atomic E-state index is 11.7. The van der Waals surface area contributed by atoms with Crippen LogP contribution >= 0.6 is 0 Å². The molecule has 0 saturated carbocycles. The third kappa shape index (κ3) is 4.76. The van der Waals surface area contributed by atoms with E-state index in [1.807, 2.05) is 30.3 Å². The van der Waals surface area contributed by atoms with Crippen LogP contribution in [0.15, 0.2) is 109 Å². The van der Waals surface area contributed by atoms with E-state index < -0.39 is 13.3 Å². The Kier molecular flexibility index (Phi) is 6.39. The van der Waals surface area contributed by atoms with Crippen molar-refractivity contribution in [3.05, 3.63) is 115 Å². The molecule has 1 aliphatic rings. The number of fused-ring (bicyclic) bond motifs is 4. The topological polar surface area (TPSA) is 42.4 Å². The van der Waals surface area contributed by atoms with Gasteiger partial charge < -0.3 is 0 Å². The van der Waals surface area contributed by atoms with E-state index >= 15 is 0 Å². The maximum atomic E-state index is 11.7. The zero-order valence-electron chi connectivity index (χ0n) is 27.2. The number of nitrogens with zero attached hydrogens (tertiary/aromatic N) is 1. The van der Waals surface area contributed by atoms with Crippen LogP contribution < -0.4 is 9.13 Å². The number of ether oxygens (including phenoxy) is 1. The van der Waals surface area contributed by atoms with E-state index in [4.69, 9.17) is 9.72 Å². The number of hydrogen-bond acceptors (Lipinski definition) is 3. The van der Waals surface area contributed by atoms with E-state index in [0.29, 0.717) is 11.3 Å². The molecule has 6 aromatic carbocycles. The van der Waals surface area contributed by atoms with Crippen LogP contribution in [-0.2, 0) is 5.41 Å². The molecule has 0 saturated heterocycles. The van der Waals surface area contributed by atoms with Gasteiger partial charge in [-0.3, -0.25) is 0 Å². The van der Waals surface area contributed by atoms with Crippen molar-refractivity contribution in [1.29, 1.82) is 0 Å². The van der Waals surface area contributed by atoms with Crippen molar-refractivity contribution in [3.8, 4) is 50.9 Å². The second-order valence-corrected chi connectivity index (χ2v) is 25.4. The summed E-state index contributed by atoms with van der Waals surface area (Å²) in [6, 6.07) is 38.8. The zero-order valence-corrected chi connectivity index (χ0v) is 29.3. The first-order chi connectivity index (χ1) is 21.9. The van der Waals surface area contributed by atoms with Gasteiger partial charge >= 0.3 is 256 Å². The van der Waals surface area contributed by atoms with Crippen LogP contribution in [0.25, 0.3) is 66.0 Å². The number of benzene rings is 6. The second kappa shape index (κ2) is 10.2. The Hall–Kier alpha value is -4.61. The molecule has 1 aromatic heterocycles. The molecule has 226 valence electrons. The summed E-state index contributed by atoms with van der Waals surface area (Å²) in [7, 11) is 0. The molecule has 0 spiro atoms. The van der Waals surface area contributed by atoms with E-state index in [0.717, 1.165) is 44.2 Å². The molecule has 0 fully saturated rings. The Morgan fingerprint density at radius 2 is 1.35 bits per heavy atom. The van der Waals surface area contributed by atoms with Crippen LogP contribution in [0.2, 0.25) is 17.3 Å². The Balaban J connectivity index is 1.42. The fourth-order valence-electron chi connectivity index (χ4n) is 6.68. The summed E-state index contributed by atoms with van der Waals surface area (Å²) in [5, 5.41) is 18.0. The summed E-state index contributed by atoms with van der Waals surface area (Å²) in [6.07, 6.45) is 0. The van der Waals surface area contributed by atoms with Crippen molar-refractivity contribution in [2.45, 2.75) is 43.5 Å². The zero-order chi connectivity index (χ0) is 32.0. The van der Waals surface area contributed by atoms with E-state index in [9.17, 15) is 5.11 Å². The molecule has 0 aliphatic carbocycles. The summed E-state index contributed by atoms with van der Waals surface area (Å²) in [4.78, 5) is 5.39. The van der Waals surface area contributed by atoms with Crippen molar-refractivity contribution < 1.29 is 9.84 Å². The molecule has 0 unspecified atom stereocenters. The Morgan fingerprint density at radius 3 is 2.11 bits per heavy atom. The number of aromatic nitrogens is 1. The molecule has 8 rings (SSSR count). The molecule has 0 atom stereocenters. The molecule has 0 radical (unpaired) electrons. The molecule has 3 nitrogen and oxygen atoms in total. The molecule has 1 aliphatic heterocycles. The van der Waals surface area contributed by atoms with Gasteiger partial charge in [0.2, 0.25) is 0 Å². The van der Waals surface area contributed by atoms with Crippen LogP contribution in [0, 0.1) is 0 Å². The van der Waals surface area contributed by atoms with Gasteiger partial charge in [0.1, 0.15) is 0 Å². The number of rotatable bonds is 3. The van der Waals surface area contributed by atoms with Gasteiger partial charge in [0.05, 0.1) is 0 Å². The first kappa shape index (κ1) is 28.8. The van der Waals surface area contributed by atoms with Gasteiger partial charge in [-0.2, -0.15) is 0 Å². The Morgan fingerprint density at radius 1 is 0.630 bits per heavy atom. The summed E-state index contributed by atoms with van der Waals surface area (Å²) in [5.74, 6) is 8.92. The van der Waals surface area contributed by atoms with Gasteiger partial charge in [0.15, 0.2) is 0 Å². The summed E-state index contributed by atoms with van der Waals surface area (Å²) in [6.45, 7) is 6.79. The van der Waals surface area contributed by atoms with Crippen molar-refractivity contribution >= 4 is 50.0 Å². The molecule has 0 amide bonds. The van der Waals surface area contributed by atoms with Crippen LogP contribution in [-0.4, -0.2) is 23.4 Å². The molecule has 7 aromatic rings. The quantitative estimate of drug-likeness (QED) is 0.192. The molecule has 0 bridgehead atoms. The minimum atomic E-state index is -2.26. The average molecular weight is 660 g/mol. The third-order valence-electron chi connectivity index (χ3n) is 9.38. The van der Waals surface area contributed by atoms with Crippen LogP contribution in [0.5, 0.6) is 17.2 Å². The predicted molar refractivity (Wildman–Crippen MR) is 196 cm³/mol. The van der Waals surface area contributed by atoms with Crippen molar-refractivity contribution in [2.75, 3.05) is 0 Å². The molecule has 2 heterocycles. The molecule has 1 N–H and O–H groups in total. The first-order valence-electron chi connectivity index (χ1n) is 16.0. The standard InChI is InChI=1S/C42H37GeNO2/c1-42(2,3)32-19-29(27-16-15-25-11-7-8-12-26(25)17-27)18-30(20-32)35-22-31-21-33(43(4,5)6)24-37-38(31)40(44-35)39-36(46-37)23-28-13-9-10-14-34(28)41(39)45/h7-24,45H,1-6H3. The molecule has 4 heteroatoms. The van der Waals surface area contributed by atoms with Crippen LogP contribution in [0.4, 0.5) is 0 Å². The number of aromatic hydroxyl groups is 1. The summed E-state index contributed by atoms with van der Waals surface area (Å²) < 4.78 is 8.00.